The monoisotopic (exact) mass is 407 g/mol. The molecule has 1 N–H and O–H groups in total. The van der Waals surface area contributed by atoms with Gasteiger partial charge in [-0.05, 0) is 30.3 Å². The van der Waals surface area contributed by atoms with Crippen molar-refractivity contribution >= 4 is 32.9 Å². The smallest absolute Gasteiger partial charge is 0.256 e. The minimum atomic E-state index is -2.70. The van der Waals surface area contributed by atoms with E-state index in [2.05, 4.69) is 26.2 Å². The molecule has 8 heteroatoms. The summed E-state index contributed by atoms with van der Waals surface area (Å²) in [6.45, 7) is -0.819. The van der Waals surface area contributed by atoms with Gasteiger partial charge in [-0.15, -0.1) is 0 Å². The summed E-state index contributed by atoms with van der Waals surface area (Å²) in [4.78, 5) is 28.9. The Bertz CT molecular complexity index is 1000. The van der Waals surface area contributed by atoms with E-state index in [0.717, 1.165) is 4.47 Å². The molecule has 128 valence electrons. The van der Waals surface area contributed by atoms with Crippen molar-refractivity contribution < 1.29 is 13.6 Å². The van der Waals surface area contributed by atoms with E-state index in [9.17, 15) is 18.4 Å². The quantitative estimate of drug-likeness (QED) is 0.722. The summed E-state index contributed by atoms with van der Waals surface area (Å²) in [5.74, 6) is -0.847. The van der Waals surface area contributed by atoms with Gasteiger partial charge in [0.15, 0.2) is 0 Å². The number of benzene rings is 1. The van der Waals surface area contributed by atoms with Gasteiger partial charge in [-0.2, -0.15) is 0 Å². The largest absolute Gasteiger partial charge is 0.346 e. The molecule has 0 aliphatic carbocycles. The number of rotatable bonds is 4. The molecular weight excluding hydrogens is 396 g/mol. The van der Waals surface area contributed by atoms with Gasteiger partial charge in [0.25, 0.3) is 12.3 Å². The molecule has 0 spiro atoms. The van der Waals surface area contributed by atoms with Crippen LogP contribution in [0.4, 0.5) is 8.78 Å². The average Bonchev–Trinajstić information content (AvgIpc) is 2.60. The number of hydrogen-bond donors (Lipinski definition) is 1. The predicted molar refractivity (Wildman–Crippen MR) is 93.4 cm³/mol. The van der Waals surface area contributed by atoms with Crippen LogP contribution in [0.3, 0.4) is 0 Å². The van der Waals surface area contributed by atoms with Gasteiger partial charge in [0.1, 0.15) is 11.2 Å². The van der Waals surface area contributed by atoms with Crippen molar-refractivity contribution in [3.8, 4) is 5.69 Å². The Hall–Kier alpha value is -2.61. The Morgan fingerprint density at radius 3 is 2.80 bits per heavy atom. The van der Waals surface area contributed by atoms with Gasteiger partial charge in [-0.3, -0.25) is 9.59 Å². The van der Waals surface area contributed by atoms with E-state index in [1.54, 1.807) is 34.9 Å². The standard InChI is InChI=1S/C17H12BrF2N3O2/c18-10-3-1-4-11(7-10)23-9-13(17(25)22-8-14(19)20)15(24)12-5-2-6-21-16(12)23/h1-7,9,14H,8H2,(H,22,25). The Balaban J connectivity index is 2.21. The minimum Gasteiger partial charge on any atom is -0.346 e. The van der Waals surface area contributed by atoms with E-state index in [4.69, 9.17) is 0 Å². The highest BCUT2D eigenvalue weighted by molar-refractivity contribution is 9.10. The third-order valence-electron chi connectivity index (χ3n) is 3.51. The molecule has 1 aromatic carbocycles. The maximum Gasteiger partial charge on any atom is 0.256 e. The van der Waals surface area contributed by atoms with Crippen LogP contribution in [-0.4, -0.2) is 28.4 Å². The van der Waals surface area contributed by atoms with Crippen LogP contribution in [-0.2, 0) is 0 Å². The molecule has 2 heterocycles. The fraction of sp³-hybridized carbons (Fsp3) is 0.118. The topological polar surface area (TPSA) is 64.0 Å². The number of alkyl halides is 2. The van der Waals surface area contributed by atoms with E-state index in [0.29, 0.717) is 11.3 Å². The van der Waals surface area contributed by atoms with Crippen molar-refractivity contribution in [3.63, 3.8) is 0 Å². The van der Waals surface area contributed by atoms with E-state index in [1.807, 2.05) is 6.07 Å². The van der Waals surface area contributed by atoms with E-state index >= 15 is 0 Å². The highest BCUT2D eigenvalue weighted by Crippen LogP contribution is 2.19. The Kier molecular flexibility index (Phi) is 4.89. The van der Waals surface area contributed by atoms with Crippen molar-refractivity contribution in [2.24, 2.45) is 0 Å². The summed E-state index contributed by atoms with van der Waals surface area (Å²) in [6, 6.07) is 10.3. The number of halogens is 3. The zero-order chi connectivity index (χ0) is 18.0. The first-order chi connectivity index (χ1) is 12.0. The molecule has 0 atom stereocenters. The number of carbonyl (C=O) groups excluding carboxylic acids is 1. The van der Waals surface area contributed by atoms with Crippen molar-refractivity contribution in [2.75, 3.05) is 6.54 Å². The van der Waals surface area contributed by atoms with Crippen molar-refractivity contribution in [1.82, 2.24) is 14.9 Å². The van der Waals surface area contributed by atoms with Crippen LogP contribution in [0.15, 0.2) is 58.1 Å². The number of nitrogens with zero attached hydrogens (tertiary/aromatic N) is 2. The van der Waals surface area contributed by atoms with Crippen LogP contribution < -0.4 is 10.7 Å². The summed E-state index contributed by atoms with van der Waals surface area (Å²) in [6.07, 6.45) is 0.158. The molecule has 0 saturated heterocycles. The lowest BCUT2D eigenvalue weighted by Gasteiger charge is -2.13. The number of nitrogens with one attached hydrogen (secondary N) is 1. The van der Waals surface area contributed by atoms with Crippen molar-refractivity contribution in [2.45, 2.75) is 6.43 Å². The molecule has 0 saturated carbocycles. The average molecular weight is 408 g/mol. The fourth-order valence-corrected chi connectivity index (χ4v) is 2.80. The number of amides is 1. The molecule has 0 aliphatic heterocycles. The molecule has 0 aliphatic rings. The maximum atomic E-state index is 12.6. The summed E-state index contributed by atoms with van der Waals surface area (Å²) >= 11 is 3.37. The van der Waals surface area contributed by atoms with Crippen LogP contribution in [0.5, 0.6) is 0 Å². The summed E-state index contributed by atoms with van der Waals surface area (Å²) in [7, 11) is 0. The second-order valence-corrected chi connectivity index (χ2v) is 6.11. The predicted octanol–water partition coefficient (Wildman–Crippen LogP) is 3.14. The van der Waals surface area contributed by atoms with Gasteiger partial charge >= 0.3 is 0 Å². The second kappa shape index (κ2) is 7.10. The van der Waals surface area contributed by atoms with E-state index in [-0.39, 0.29) is 10.9 Å². The molecule has 0 fully saturated rings. The van der Waals surface area contributed by atoms with Crippen LogP contribution >= 0.6 is 15.9 Å². The molecule has 25 heavy (non-hydrogen) atoms. The zero-order valence-electron chi connectivity index (χ0n) is 12.7. The maximum absolute atomic E-state index is 12.6. The molecule has 0 bridgehead atoms. The SMILES string of the molecule is O=C(NCC(F)F)c1cn(-c2cccc(Br)c2)c2ncccc2c1=O. The van der Waals surface area contributed by atoms with E-state index < -0.39 is 24.3 Å². The molecule has 5 nitrogen and oxygen atoms in total. The third-order valence-corrected chi connectivity index (χ3v) is 4.00. The lowest BCUT2D eigenvalue weighted by atomic mass is 10.1. The molecule has 3 rings (SSSR count). The summed E-state index contributed by atoms with van der Waals surface area (Å²) < 4.78 is 27.1. The second-order valence-electron chi connectivity index (χ2n) is 5.20. The van der Waals surface area contributed by atoms with Gasteiger partial charge in [-0.25, -0.2) is 13.8 Å². The molecule has 0 unspecified atom stereocenters. The normalized spacial score (nSPS) is 11.0. The van der Waals surface area contributed by atoms with Crippen LogP contribution in [0.1, 0.15) is 10.4 Å². The highest BCUT2D eigenvalue weighted by atomic mass is 79.9. The van der Waals surface area contributed by atoms with Gasteiger partial charge < -0.3 is 9.88 Å². The van der Waals surface area contributed by atoms with Crippen molar-refractivity contribution in [1.29, 1.82) is 0 Å². The number of pyridine rings is 2. The summed E-state index contributed by atoms with van der Waals surface area (Å²) in [5, 5.41) is 2.29. The molecule has 2 aromatic heterocycles. The fourth-order valence-electron chi connectivity index (χ4n) is 2.41. The third kappa shape index (κ3) is 3.58. The van der Waals surface area contributed by atoms with Gasteiger partial charge in [-0.1, -0.05) is 22.0 Å². The number of hydrogen-bond acceptors (Lipinski definition) is 3. The van der Waals surface area contributed by atoms with Gasteiger partial charge in [0, 0.05) is 22.6 Å². The molecule has 1 amide bonds. The van der Waals surface area contributed by atoms with Gasteiger partial charge in [0.2, 0.25) is 5.43 Å². The van der Waals surface area contributed by atoms with Crippen LogP contribution in [0, 0.1) is 0 Å². The Morgan fingerprint density at radius 2 is 2.08 bits per heavy atom. The first-order valence-electron chi connectivity index (χ1n) is 7.30. The molecule has 3 aromatic rings. The lowest BCUT2D eigenvalue weighted by Crippen LogP contribution is -2.33. The first-order valence-corrected chi connectivity index (χ1v) is 8.09. The Morgan fingerprint density at radius 1 is 1.28 bits per heavy atom. The Labute approximate surface area is 149 Å². The van der Waals surface area contributed by atoms with Crippen LogP contribution in [0.2, 0.25) is 0 Å². The molecule has 0 radical (unpaired) electrons. The lowest BCUT2D eigenvalue weighted by molar-refractivity contribution is 0.0890. The summed E-state index contributed by atoms with van der Waals surface area (Å²) in [5.41, 5.74) is 0.263. The van der Waals surface area contributed by atoms with Crippen LogP contribution in [0.25, 0.3) is 16.7 Å². The molecular formula is C17H12BrF2N3O2. The van der Waals surface area contributed by atoms with Gasteiger partial charge in [0.05, 0.1) is 11.9 Å². The highest BCUT2D eigenvalue weighted by Gasteiger charge is 2.17. The zero-order valence-corrected chi connectivity index (χ0v) is 14.3. The number of carbonyl (C=O) groups is 1. The van der Waals surface area contributed by atoms with Crippen molar-refractivity contribution in [3.05, 3.63) is 69.1 Å². The first kappa shape index (κ1) is 17.2. The number of fused-ring (bicyclic) bond motifs is 1. The minimum absolute atomic E-state index is 0.221. The number of aromatic nitrogens is 2. The van der Waals surface area contributed by atoms with E-state index in [1.165, 1.54) is 12.4 Å².